The number of benzene rings is 1. The Morgan fingerprint density at radius 3 is 2.78 bits per heavy atom. The van der Waals surface area contributed by atoms with Gasteiger partial charge in [0.2, 0.25) is 0 Å². The summed E-state index contributed by atoms with van der Waals surface area (Å²) in [5.74, 6) is 1.52. The number of rotatable bonds is 4. The molecule has 3 nitrogen and oxygen atoms in total. The lowest BCUT2D eigenvalue weighted by Crippen LogP contribution is -1.99. The van der Waals surface area contributed by atoms with Gasteiger partial charge < -0.3 is 10.1 Å². The van der Waals surface area contributed by atoms with Crippen molar-refractivity contribution < 1.29 is 4.74 Å². The topological polar surface area (TPSA) is 34.1 Å². The van der Waals surface area contributed by atoms with Gasteiger partial charge in [-0.05, 0) is 43.7 Å². The van der Waals surface area contributed by atoms with Crippen molar-refractivity contribution in [1.82, 2.24) is 4.98 Å². The molecule has 0 radical (unpaired) electrons. The summed E-state index contributed by atoms with van der Waals surface area (Å²) in [5.41, 5.74) is 1.94. The lowest BCUT2D eigenvalue weighted by Gasteiger charge is -2.12. The number of aromatic nitrogens is 1. The number of hydrogen-bond acceptors (Lipinski definition) is 3. The number of nitrogens with zero attached hydrogens (tertiary/aromatic N) is 1. The Labute approximate surface area is 112 Å². The zero-order valence-electron chi connectivity index (χ0n) is 10.4. The summed E-state index contributed by atoms with van der Waals surface area (Å²) in [6, 6.07) is 11.5. The smallest absolute Gasteiger partial charge is 0.142 e. The third-order valence-electron chi connectivity index (χ3n) is 2.39. The van der Waals surface area contributed by atoms with Gasteiger partial charge in [0.15, 0.2) is 0 Å². The van der Waals surface area contributed by atoms with Crippen LogP contribution in [0.1, 0.15) is 12.5 Å². The largest absolute Gasteiger partial charge is 0.492 e. The molecular weight excluding hydrogens is 248 g/mol. The van der Waals surface area contributed by atoms with Crippen LogP contribution in [0.2, 0.25) is 5.15 Å². The fraction of sp³-hybridized carbons (Fsp3) is 0.214. The number of halogens is 1. The molecule has 0 saturated heterocycles. The van der Waals surface area contributed by atoms with E-state index in [1.165, 1.54) is 0 Å². The summed E-state index contributed by atoms with van der Waals surface area (Å²) in [7, 11) is 0. The van der Waals surface area contributed by atoms with E-state index < -0.39 is 0 Å². The molecule has 0 aliphatic heterocycles. The lowest BCUT2D eigenvalue weighted by molar-refractivity contribution is 0.342. The van der Waals surface area contributed by atoms with Gasteiger partial charge in [0.1, 0.15) is 16.7 Å². The first-order valence-electron chi connectivity index (χ1n) is 5.82. The lowest BCUT2D eigenvalue weighted by atomic mass is 10.2. The monoisotopic (exact) mass is 262 g/mol. The van der Waals surface area contributed by atoms with Crippen molar-refractivity contribution in [2.45, 2.75) is 13.8 Å². The van der Waals surface area contributed by atoms with Crippen molar-refractivity contribution in [2.24, 2.45) is 0 Å². The van der Waals surface area contributed by atoms with E-state index in [1.54, 1.807) is 0 Å². The predicted molar refractivity (Wildman–Crippen MR) is 74.9 cm³/mol. The third-order valence-corrected chi connectivity index (χ3v) is 2.58. The highest BCUT2D eigenvalue weighted by Crippen LogP contribution is 2.27. The van der Waals surface area contributed by atoms with E-state index in [0.29, 0.717) is 17.6 Å². The Morgan fingerprint density at radius 2 is 2.06 bits per heavy atom. The van der Waals surface area contributed by atoms with E-state index in [1.807, 2.05) is 50.2 Å². The van der Waals surface area contributed by atoms with E-state index in [4.69, 9.17) is 16.3 Å². The normalized spacial score (nSPS) is 10.2. The van der Waals surface area contributed by atoms with Crippen LogP contribution >= 0.6 is 11.6 Å². The van der Waals surface area contributed by atoms with Crippen LogP contribution in [0.15, 0.2) is 36.4 Å². The summed E-state index contributed by atoms with van der Waals surface area (Å²) in [6.45, 7) is 4.56. The standard InChI is InChI=1S/C14H15ClN2O/c1-3-18-12-7-5-4-6-11(12)16-14-9-10(2)8-13(15)17-14/h4-9H,3H2,1-2H3,(H,16,17). The third kappa shape index (κ3) is 3.14. The van der Waals surface area contributed by atoms with Gasteiger partial charge >= 0.3 is 0 Å². The average molecular weight is 263 g/mol. The first-order chi connectivity index (χ1) is 8.69. The van der Waals surface area contributed by atoms with Crippen molar-refractivity contribution in [2.75, 3.05) is 11.9 Å². The fourth-order valence-electron chi connectivity index (χ4n) is 1.68. The molecule has 94 valence electrons. The van der Waals surface area contributed by atoms with Crippen LogP contribution in [-0.2, 0) is 0 Å². The van der Waals surface area contributed by atoms with E-state index in [0.717, 1.165) is 17.0 Å². The zero-order valence-corrected chi connectivity index (χ0v) is 11.2. The molecule has 4 heteroatoms. The minimum absolute atomic E-state index is 0.478. The minimum atomic E-state index is 0.478. The number of para-hydroxylation sites is 2. The molecule has 1 aromatic heterocycles. The molecule has 2 rings (SSSR count). The summed E-state index contributed by atoms with van der Waals surface area (Å²) in [6.07, 6.45) is 0. The molecule has 18 heavy (non-hydrogen) atoms. The molecule has 0 fully saturated rings. The summed E-state index contributed by atoms with van der Waals surface area (Å²) < 4.78 is 5.55. The molecule has 1 heterocycles. The molecule has 0 atom stereocenters. The van der Waals surface area contributed by atoms with Crippen LogP contribution in [0.5, 0.6) is 5.75 Å². The Balaban J connectivity index is 2.27. The van der Waals surface area contributed by atoms with Crippen LogP contribution in [0.25, 0.3) is 0 Å². The number of nitrogens with one attached hydrogen (secondary N) is 1. The molecule has 0 spiro atoms. The van der Waals surface area contributed by atoms with E-state index in [-0.39, 0.29) is 0 Å². The SMILES string of the molecule is CCOc1ccccc1Nc1cc(C)cc(Cl)n1. The fourth-order valence-corrected chi connectivity index (χ4v) is 1.94. The number of hydrogen-bond donors (Lipinski definition) is 1. The molecule has 2 aromatic rings. The molecule has 0 bridgehead atoms. The van der Waals surface area contributed by atoms with Crippen LogP contribution in [0.3, 0.4) is 0 Å². The van der Waals surface area contributed by atoms with Gasteiger partial charge in [-0.3, -0.25) is 0 Å². The number of aryl methyl sites for hydroxylation is 1. The second kappa shape index (κ2) is 5.74. The van der Waals surface area contributed by atoms with Crippen molar-refractivity contribution in [1.29, 1.82) is 0 Å². The summed E-state index contributed by atoms with van der Waals surface area (Å²) in [4.78, 5) is 4.23. The van der Waals surface area contributed by atoms with Gasteiger partial charge in [-0.15, -0.1) is 0 Å². The minimum Gasteiger partial charge on any atom is -0.492 e. The summed E-state index contributed by atoms with van der Waals surface area (Å²) in [5, 5.41) is 3.70. The maximum absolute atomic E-state index is 5.93. The van der Waals surface area contributed by atoms with E-state index in [9.17, 15) is 0 Å². The van der Waals surface area contributed by atoms with Gasteiger partial charge in [0.05, 0.1) is 12.3 Å². The van der Waals surface area contributed by atoms with Crippen LogP contribution < -0.4 is 10.1 Å². The predicted octanol–water partition coefficient (Wildman–Crippen LogP) is 4.19. The molecule has 0 amide bonds. The highest BCUT2D eigenvalue weighted by Gasteiger charge is 2.04. The van der Waals surface area contributed by atoms with E-state index in [2.05, 4.69) is 10.3 Å². The number of pyridine rings is 1. The van der Waals surface area contributed by atoms with Crippen molar-refractivity contribution in [3.8, 4) is 5.75 Å². The Morgan fingerprint density at radius 1 is 1.28 bits per heavy atom. The van der Waals surface area contributed by atoms with Gasteiger partial charge in [0.25, 0.3) is 0 Å². The van der Waals surface area contributed by atoms with Gasteiger partial charge in [-0.1, -0.05) is 23.7 Å². The van der Waals surface area contributed by atoms with Gasteiger partial charge in [-0.25, -0.2) is 4.98 Å². The summed E-state index contributed by atoms with van der Waals surface area (Å²) >= 11 is 5.93. The van der Waals surface area contributed by atoms with Crippen LogP contribution in [0, 0.1) is 6.92 Å². The maximum Gasteiger partial charge on any atom is 0.142 e. The Kier molecular flexibility index (Phi) is 4.05. The van der Waals surface area contributed by atoms with Crippen LogP contribution in [-0.4, -0.2) is 11.6 Å². The van der Waals surface area contributed by atoms with Gasteiger partial charge in [0, 0.05) is 0 Å². The first-order valence-corrected chi connectivity index (χ1v) is 6.20. The van der Waals surface area contributed by atoms with Crippen LogP contribution in [0.4, 0.5) is 11.5 Å². The molecule has 0 saturated carbocycles. The molecule has 0 aliphatic carbocycles. The molecule has 0 aliphatic rings. The molecule has 1 N–H and O–H groups in total. The maximum atomic E-state index is 5.93. The highest BCUT2D eigenvalue weighted by molar-refractivity contribution is 6.29. The Bertz CT molecular complexity index is 523. The Hall–Kier alpha value is -1.74. The van der Waals surface area contributed by atoms with E-state index >= 15 is 0 Å². The van der Waals surface area contributed by atoms with Crippen molar-refractivity contribution >= 4 is 23.1 Å². The first kappa shape index (κ1) is 12.7. The van der Waals surface area contributed by atoms with Gasteiger partial charge in [-0.2, -0.15) is 0 Å². The molecule has 0 unspecified atom stereocenters. The quantitative estimate of drug-likeness (QED) is 0.839. The second-order valence-electron chi connectivity index (χ2n) is 3.91. The highest BCUT2D eigenvalue weighted by atomic mass is 35.5. The van der Waals surface area contributed by atoms with Crippen molar-refractivity contribution in [3.63, 3.8) is 0 Å². The van der Waals surface area contributed by atoms with Crippen molar-refractivity contribution in [3.05, 3.63) is 47.1 Å². The molecule has 1 aromatic carbocycles. The zero-order chi connectivity index (χ0) is 13.0. The molecular formula is C14H15ClN2O. The average Bonchev–Trinajstić information content (AvgIpc) is 2.30. The second-order valence-corrected chi connectivity index (χ2v) is 4.29. The number of anilines is 2. The number of ether oxygens (including phenoxy) is 1.